The van der Waals surface area contributed by atoms with Crippen LogP contribution < -0.4 is 5.32 Å². The van der Waals surface area contributed by atoms with Crippen LogP contribution in [0.3, 0.4) is 0 Å². The van der Waals surface area contributed by atoms with Crippen molar-refractivity contribution in [2.75, 3.05) is 26.2 Å². The van der Waals surface area contributed by atoms with E-state index in [0.29, 0.717) is 6.54 Å². The molecule has 1 aliphatic carbocycles. The predicted octanol–water partition coefficient (Wildman–Crippen LogP) is 3.91. The average molecular weight is 443 g/mol. The Morgan fingerprint density at radius 3 is 2.18 bits per heavy atom. The summed E-state index contributed by atoms with van der Waals surface area (Å²) in [6.07, 6.45) is -0.378. The van der Waals surface area contributed by atoms with Crippen molar-refractivity contribution in [1.82, 2.24) is 10.2 Å². The monoisotopic (exact) mass is 442 g/mol. The largest absolute Gasteiger partial charge is 0.479 e. The molecule has 6 nitrogen and oxygen atoms in total. The number of hydrogen-bond acceptors (Lipinski definition) is 4. The van der Waals surface area contributed by atoms with Crippen LogP contribution in [0.5, 0.6) is 0 Å². The first-order valence-corrected chi connectivity index (χ1v) is 11.2. The third-order valence-corrected chi connectivity index (χ3v) is 6.74. The maximum absolute atomic E-state index is 13.3. The van der Waals surface area contributed by atoms with E-state index in [2.05, 4.69) is 29.6 Å². The average Bonchev–Trinajstić information content (AvgIpc) is 3.17. The van der Waals surface area contributed by atoms with Crippen molar-refractivity contribution < 1.29 is 19.4 Å². The number of rotatable bonds is 5. The number of piperazine rings is 1. The number of carboxylic acid groups (broad SMARTS) is 1. The molecule has 1 unspecified atom stereocenters. The molecule has 0 radical (unpaired) electrons. The van der Waals surface area contributed by atoms with Crippen LogP contribution in [-0.4, -0.2) is 53.8 Å². The normalized spacial score (nSPS) is 19.6. The quantitative estimate of drug-likeness (QED) is 0.627. The minimum Gasteiger partial charge on any atom is -0.479 e. The van der Waals surface area contributed by atoms with Gasteiger partial charge in [0.2, 0.25) is 0 Å². The zero-order chi connectivity index (χ0) is 22.8. The van der Waals surface area contributed by atoms with Crippen LogP contribution in [0.1, 0.15) is 22.6 Å². The van der Waals surface area contributed by atoms with Crippen LogP contribution in [0.15, 0.2) is 78.9 Å². The summed E-state index contributed by atoms with van der Waals surface area (Å²) in [6.45, 7) is 1.13. The van der Waals surface area contributed by atoms with Crippen molar-refractivity contribution in [1.29, 1.82) is 0 Å². The van der Waals surface area contributed by atoms with Crippen LogP contribution in [0.2, 0.25) is 0 Å². The van der Waals surface area contributed by atoms with Crippen LogP contribution in [0.4, 0.5) is 4.79 Å². The Morgan fingerprint density at radius 2 is 1.55 bits per heavy atom. The number of carboxylic acids is 1. The molecule has 5 rings (SSSR count). The van der Waals surface area contributed by atoms with Gasteiger partial charge in [0.25, 0.3) is 0 Å². The second-order valence-electron chi connectivity index (χ2n) is 8.63. The second-order valence-corrected chi connectivity index (χ2v) is 8.63. The van der Waals surface area contributed by atoms with E-state index in [9.17, 15) is 14.7 Å². The smallest absolute Gasteiger partial charge is 0.410 e. The first-order chi connectivity index (χ1) is 16.1. The Hall–Kier alpha value is -3.64. The molecule has 1 fully saturated rings. The maximum Gasteiger partial charge on any atom is 0.410 e. The lowest BCUT2D eigenvalue weighted by molar-refractivity contribution is -0.151. The van der Waals surface area contributed by atoms with Gasteiger partial charge in [0.15, 0.2) is 5.54 Å². The number of carbonyl (C=O) groups excluding carboxylic acids is 1. The van der Waals surface area contributed by atoms with Gasteiger partial charge in [0.05, 0.1) is 0 Å². The molecule has 3 aromatic rings. The van der Waals surface area contributed by atoms with Crippen LogP contribution in [0.25, 0.3) is 11.1 Å². The van der Waals surface area contributed by atoms with E-state index in [1.165, 1.54) is 4.90 Å². The van der Waals surface area contributed by atoms with Gasteiger partial charge in [-0.25, -0.2) is 9.59 Å². The molecular weight excluding hydrogens is 416 g/mol. The highest BCUT2D eigenvalue weighted by atomic mass is 16.6. The van der Waals surface area contributed by atoms with Crippen molar-refractivity contribution in [3.05, 3.63) is 95.6 Å². The van der Waals surface area contributed by atoms with Gasteiger partial charge in [-0.05, 0) is 27.8 Å². The van der Waals surface area contributed by atoms with Crippen molar-refractivity contribution in [2.45, 2.75) is 17.9 Å². The molecule has 0 spiro atoms. The maximum atomic E-state index is 13.3. The second kappa shape index (κ2) is 8.71. The highest BCUT2D eigenvalue weighted by Gasteiger charge is 2.49. The van der Waals surface area contributed by atoms with E-state index in [0.717, 1.165) is 27.8 Å². The van der Waals surface area contributed by atoms with Gasteiger partial charge in [-0.2, -0.15) is 0 Å². The zero-order valence-electron chi connectivity index (χ0n) is 18.2. The fourth-order valence-electron chi connectivity index (χ4n) is 5.09. The van der Waals surface area contributed by atoms with Crippen molar-refractivity contribution in [3.63, 3.8) is 0 Å². The summed E-state index contributed by atoms with van der Waals surface area (Å²) in [4.78, 5) is 27.2. The number of nitrogens with zero attached hydrogens (tertiary/aromatic N) is 1. The molecule has 168 valence electrons. The molecule has 1 saturated heterocycles. The van der Waals surface area contributed by atoms with Gasteiger partial charge in [0, 0.05) is 32.0 Å². The van der Waals surface area contributed by atoms with E-state index in [1.54, 1.807) is 0 Å². The number of aliphatic carboxylic acids is 1. The summed E-state index contributed by atoms with van der Waals surface area (Å²) in [5.41, 5.74) is 4.02. The third kappa shape index (κ3) is 3.76. The SMILES string of the molecule is O=C(OCC1c2ccccc2-c2ccccc21)N1CCNCC1(Cc1ccccc1)C(=O)O. The molecule has 6 heteroatoms. The third-order valence-electron chi connectivity index (χ3n) is 6.74. The molecule has 1 aliphatic heterocycles. The lowest BCUT2D eigenvalue weighted by Gasteiger charge is -2.43. The van der Waals surface area contributed by atoms with E-state index >= 15 is 0 Å². The molecule has 0 aromatic heterocycles. The molecule has 33 heavy (non-hydrogen) atoms. The van der Waals surface area contributed by atoms with Crippen LogP contribution in [0, 0.1) is 0 Å². The molecule has 0 bridgehead atoms. The molecule has 0 saturated carbocycles. The summed E-state index contributed by atoms with van der Waals surface area (Å²) in [6, 6.07) is 25.7. The Morgan fingerprint density at radius 1 is 0.939 bits per heavy atom. The summed E-state index contributed by atoms with van der Waals surface area (Å²) < 4.78 is 5.82. The summed E-state index contributed by atoms with van der Waals surface area (Å²) in [5, 5.41) is 13.4. The fraction of sp³-hybridized carbons (Fsp3) is 0.259. The Labute approximate surface area is 192 Å². The van der Waals surface area contributed by atoms with Crippen molar-refractivity contribution >= 4 is 12.1 Å². The lowest BCUT2D eigenvalue weighted by atomic mass is 9.87. The van der Waals surface area contributed by atoms with E-state index in [1.807, 2.05) is 54.6 Å². The molecule has 1 amide bonds. The molecule has 1 heterocycles. The summed E-state index contributed by atoms with van der Waals surface area (Å²) in [7, 11) is 0. The van der Waals surface area contributed by atoms with Crippen LogP contribution in [-0.2, 0) is 16.0 Å². The number of fused-ring (bicyclic) bond motifs is 3. The number of benzene rings is 3. The number of amides is 1. The zero-order valence-corrected chi connectivity index (χ0v) is 18.2. The van der Waals surface area contributed by atoms with Gasteiger partial charge in [-0.3, -0.25) is 4.90 Å². The van der Waals surface area contributed by atoms with Gasteiger partial charge >= 0.3 is 12.1 Å². The molecule has 1 atom stereocenters. The Bertz CT molecular complexity index is 1130. The highest BCUT2D eigenvalue weighted by Crippen LogP contribution is 2.44. The minimum atomic E-state index is -1.40. The molecular formula is C27H26N2O4. The van der Waals surface area contributed by atoms with Gasteiger partial charge in [-0.15, -0.1) is 0 Å². The first-order valence-electron chi connectivity index (χ1n) is 11.2. The minimum absolute atomic E-state index is 0.0717. The van der Waals surface area contributed by atoms with Crippen molar-refractivity contribution in [2.24, 2.45) is 0 Å². The summed E-state index contributed by atoms with van der Waals surface area (Å²) in [5.74, 6) is -1.11. The fourth-order valence-corrected chi connectivity index (χ4v) is 5.09. The van der Waals surface area contributed by atoms with E-state index in [-0.39, 0.29) is 32.0 Å². The standard InChI is InChI=1S/C27H26N2O4/c30-25(31)27(16-19-8-2-1-3-9-19)18-28-14-15-29(27)26(32)33-17-24-22-12-6-4-10-20(22)21-11-5-7-13-23(21)24/h1-13,24,28H,14-18H2,(H,30,31). The Balaban J connectivity index is 1.39. The molecule has 2 N–H and O–H groups in total. The van der Waals surface area contributed by atoms with Gasteiger partial charge in [-0.1, -0.05) is 78.9 Å². The highest BCUT2D eigenvalue weighted by molar-refractivity contribution is 5.86. The number of nitrogens with one attached hydrogen (secondary N) is 1. The topological polar surface area (TPSA) is 78.9 Å². The van der Waals surface area contributed by atoms with Crippen molar-refractivity contribution in [3.8, 4) is 11.1 Å². The van der Waals surface area contributed by atoms with Gasteiger partial charge < -0.3 is 15.2 Å². The van der Waals surface area contributed by atoms with Crippen LogP contribution >= 0.6 is 0 Å². The molecule has 3 aromatic carbocycles. The number of hydrogen-bond donors (Lipinski definition) is 2. The Kier molecular flexibility index (Phi) is 5.60. The summed E-state index contributed by atoms with van der Waals surface area (Å²) >= 11 is 0. The predicted molar refractivity (Wildman–Crippen MR) is 125 cm³/mol. The number of carbonyl (C=O) groups is 2. The molecule has 2 aliphatic rings. The lowest BCUT2D eigenvalue weighted by Crippen LogP contribution is -2.68. The van der Waals surface area contributed by atoms with Gasteiger partial charge in [0.1, 0.15) is 6.61 Å². The number of ether oxygens (including phenoxy) is 1. The van der Waals surface area contributed by atoms with E-state index in [4.69, 9.17) is 4.74 Å². The van der Waals surface area contributed by atoms with E-state index < -0.39 is 17.6 Å². The first kappa shape index (κ1) is 21.2.